The number of hydrogen-bond donors (Lipinski definition) is 1. The zero-order chi connectivity index (χ0) is 10.5. The van der Waals surface area contributed by atoms with E-state index in [0.29, 0.717) is 0 Å². The number of benzene rings is 1. The quantitative estimate of drug-likeness (QED) is 0.823. The topological polar surface area (TPSA) is 43.8 Å². The van der Waals surface area contributed by atoms with Crippen LogP contribution in [0.1, 0.15) is 12.0 Å². The summed E-state index contributed by atoms with van der Waals surface area (Å²) in [6.45, 7) is 0.883. The fourth-order valence-corrected chi connectivity index (χ4v) is 1.61. The van der Waals surface area contributed by atoms with Gasteiger partial charge in [0.25, 0.3) is 0 Å². The van der Waals surface area contributed by atoms with Crippen molar-refractivity contribution in [2.45, 2.75) is 19.4 Å². The normalized spacial score (nSPS) is 10.4. The maximum atomic E-state index is 5.72. The summed E-state index contributed by atoms with van der Waals surface area (Å²) in [6, 6.07) is 12.3. The third kappa shape index (κ3) is 2.59. The fraction of sp³-hybridized carbons (Fsp3) is 0.250. The molecule has 0 amide bonds. The molecule has 0 saturated heterocycles. The van der Waals surface area contributed by atoms with Crippen molar-refractivity contribution >= 4 is 5.82 Å². The Morgan fingerprint density at radius 1 is 1.13 bits per heavy atom. The van der Waals surface area contributed by atoms with Gasteiger partial charge in [-0.3, -0.25) is 4.68 Å². The van der Waals surface area contributed by atoms with Gasteiger partial charge in [0.2, 0.25) is 0 Å². The van der Waals surface area contributed by atoms with Crippen molar-refractivity contribution in [1.82, 2.24) is 9.78 Å². The van der Waals surface area contributed by atoms with Gasteiger partial charge >= 0.3 is 0 Å². The van der Waals surface area contributed by atoms with E-state index < -0.39 is 0 Å². The number of aryl methyl sites for hydroxylation is 2. The van der Waals surface area contributed by atoms with Crippen molar-refractivity contribution in [3.05, 3.63) is 48.2 Å². The molecule has 0 spiro atoms. The van der Waals surface area contributed by atoms with Crippen LogP contribution in [0.25, 0.3) is 0 Å². The number of nitrogens with zero attached hydrogens (tertiary/aromatic N) is 2. The molecule has 0 aliphatic carbocycles. The van der Waals surface area contributed by atoms with E-state index in [9.17, 15) is 0 Å². The van der Waals surface area contributed by atoms with Crippen LogP contribution in [-0.4, -0.2) is 9.78 Å². The molecular weight excluding hydrogens is 186 g/mol. The number of anilines is 1. The predicted molar refractivity (Wildman–Crippen MR) is 61.4 cm³/mol. The minimum absolute atomic E-state index is 0.739. The lowest BCUT2D eigenvalue weighted by molar-refractivity contribution is 0.586. The highest BCUT2D eigenvalue weighted by Crippen LogP contribution is 2.06. The Morgan fingerprint density at radius 3 is 2.60 bits per heavy atom. The molecule has 78 valence electrons. The Balaban J connectivity index is 1.83. The van der Waals surface area contributed by atoms with Crippen LogP contribution in [0.4, 0.5) is 5.82 Å². The molecule has 3 heteroatoms. The second kappa shape index (κ2) is 4.64. The maximum Gasteiger partial charge on any atom is 0.121 e. The summed E-state index contributed by atoms with van der Waals surface area (Å²) in [5.41, 5.74) is 7.08. The lowest BCUT2D eigenvalue weighted by atomic mass is 10.1. The third-order valence-corrected chi connectivity index (χ3v) is 2.43. The summed E-state index contributed by atoms with van der Waals surface area (Å²) >= 11 is 0. The van der Waals surface area contributed by atoms with E-state index in [1.807, 2.05) is 16.8 Å². The van der Waals surface area contributed by atoms with E-state index in [2.05, 4.69) is 29.4 Å². The summed E-state index contributed by atoms with van der Waals surface area (Å²) in [6.07, 6.45) is 3.87. The molecule has 2 aromatic rings. The Labute approximate surface area is 89.5 Å². The summed E-state index contributed by atoms with van der Waals surface area (Å²) in [5.74, 6) is 0.739. The Kier molecular flexibility index (Phi) is 3.02. The van der Waals surface area contributed by atoms with Gasteiger partial charge in [0.1, 0.15) is 5.82 Å². The van der Waals surface area contributed by atoms with E-state index >= 15 is 0 Å². The summed E-state index contributed by atoms with van der Waals surface area (Å²) in [4.78, 5) is 0. The van der Waals surface area contributed by atoms with Crippen molar-refractivity contribution in [2.24, 2.45) is 0 Å². The Hall–Kier alpha value is -1.77. The van der Waals surface area contributed by atoms with Crippen molar-refractivity contribution < 1.29 is 0 Å². The van der Waals surface area contributed by atoms with E-state index in [1.54, 1.807) is 6.20 Å². The van der Waals surface area contributed by atoms with Crippen molar-refractivity contribution in [3.8, 4) is 0 Å². The van der Waals surface area contributed by atoms with Gasteiger partial charge in [-0.15, -0.1) is 0 Å². The minimum Gasteiger partial charge on any atom is -0.384 e. The second-order valence-electron chi connectivity index (χ2n) is 3.57. The molecule has 0 aliphatic heterocycles. The van der Waals surface area contributed by atoms with Crippen molar-refractivity contribution in [2.75, 3.05) is 5.73 Å². The third-order valence-electron chi connectivity index (χ3n) is 2.43. The molecule has 2 N–H and O–H groups in total. The average molecular weight is 201 g/mol. The number of aromatic nitrogens is 2. The molecule has 0 unspecified atom stereocenters. The van der Waals surface area contributed by atoms with Gasteiger partial charge in [-0.1, -0.05) is 30.3 Å². The highest BCUT2D eigenvalue weighted by atomic mass is 15.3. The van der Waals surface area contributed by atoms with E-state index in [4.69, 9.17) is 5.73 Å². The smallest absolute Gasteiger partial charge is 0.121 e. The number of hydrogen-bond acceptors (Lipinski definition) is 2. The van der Waals surface area contributed by atoms with Crippen LogP contribution in [0.15, 0.2) is 42.6 Å². The monoisotopic (exact) mass is 201 g/mol. The second-order valence-corrected chi connectivity index (χ2v) is 3.57. The van der Waals surface area contributed by atoms with Crippen molar-refractivity contribution in [3.63, 3.8) is 0 Å². The highest BCUT2D eigenvalue weighted by molar-refractivity contribution is 5.25. The average Bonchev–Trinajstić information content (AvgIpc) is 2.66. The minimum atomic E-state index is 0.739. The van der Waals surface area contributed by atoms with Crippen LogP contribution in [0, 0.1) is 0 Å². The van der Waals surface area contributed by atoms with Crippen LogP contribution in [0.2, 0.25) is 0 Å². The highest BCUT2D eigenvalue weighted by Gasteiger charge is 1.97. The van der Waals surface area contributed by atoms with Gasteiger partial charge < -0.3 is 5.73 Å². The number of nitrogen functional groups attached to an aromatic ring is 1. The summed E-state index contributed by atoms with van der Waals surface area (Å²) < 4.78 is 1.84. The standard InChI is InChI=1S/C12H15N3/c13-12-8-9-14-15(12)10-4-7-11-5-2-1-3-6-11/h1-3,5-6,8-9H,4,7,10,13H2. The zero-order valence-corrected chi connectivity index (χ0v) is 8.63. The molecule has 1 aromatic carbocycles. The molecule has 0 atom stereocenters. The molecule has 0 bridgehead atoms. The molecule has 2 rings (SSSR count). The van der Waals surface area contributed by atoms with Gasteiger partial charge in [0.15, 0.2) is 0 Å². The van der Waals surface area contributed by atoms with E-state index in [0.717, 1.165) is 25.2 Å². The molecule has 1 heterocycles. The molecule has 3 nitrogen and oxygen atoms in total. The summed E-state index contributed by atoms with van der Waals surface area (Å²) in [7, 11) is 0. The van der Waals surface area contributed by atoms with Gasteiger partial charge in [-0.05, 0) is 24.5 Å². The molecule has 0 fully saturated rings. The Bertz CT molecular complexity index is 406. The van der Waals surface area contributed by atoms with Gasteiger partial charge in [-0.25, -0.2) is 0 Å². The van der Waals surface area contributed by atoms with Crippen molar-refractivity contribution in [1.29, 1.82) is 0 Å². The van der Waals surface area contributed by atoms with Gasteiger partial charge in [-0.2, -0.15) is 5.10 Å². The molecule has 0 radical (unpaired) electrons. The zero-order valence-electron chi connectivity index (χ0n) is 8.63. The molecular formula is C12H15N3. The number of rotatable bonds is 4. The molecule has 1 aromatic heterocycles. The first-order valence-corrected chi connectivity index (χ1v) is 5.17. The lowest BCUT2D eigenvalue weighted by Gasteiger charge is -2.03. The van der Waals surface area contributed by atoms with Crippen LogP contribution in [-0.2, 0) is 13.0 Å². The Morgan fingerprint density at radius 2 is 1.93 bits per heavy atom. The van der Waals surface area contributed by atoms with Crippen LogP contribution < -0.4 is 5.73 Å². The predicted octanol–water partition coefficient (Wildman–Crippen LogP) is 2.10. The van der Waals surface area contributed by atoms with Crippen LogP contribution in [0.5, 0.6) is 0 Å². The molecule has 0 aliphatic rings. The first-order valence-electron chi connectivity index (χ1n) is 5.17. The first kappa shape index (κ1) is 9.77. The van der Waals surface area contributed by atoms with E-state index in [1.165, 1.54) is 5.56 Å². The number of nitrogens with two attached hydrogens (primary N) is 1. The SMILES string of the molecule is Nc1ccnn1CCCc1ccccc1. The first-order chi connectivity index (χ1) is 7.36. The van der Waals surface area contributed by atoms with Gasteiger partial charge in [0.05, 0.1) is 6.20 Å². The largest absolute Gasteiger partial charge is 0.384 e. The lowest BCUT2D eigenvalue weighted by Crippen LogP contribution is -2.05. The molecule has 15 heavy (non-hydrogen) atoms. The molecule has 0 saturated carbocycles. The van der Waals surface area contributed by atoms with E-state index in [-0.39, 0.29) is 0 Å². The van der Waals surface area contributed by atoms with Gasteiger partial charge in [0, 0.05) is 6.54 Å². The van der Waals surface area contributed by atoms with Crippen LogP contribution >= 0.6 is 0 Å². The summed E-state index contributed by atoms with van der Waals surface area (Å²) in [5, 5.41) is 4.14. The fourth-order valence-electron chi connectivity index (χ4n) is 1.61. The van der Waals surface area contributed by atoms with Crippen LogP contribution in [0.3, 0.4) is 0 Å². The maximum absolute atomic E-state index is 5.72.